The zero-order chi connectivity index (χ0) is 17.9. The maximum atomic E-state index is 12.4. The van der Waals surface area contributed by atoms with Crippen LogP contribution in [0.1, 0.15) is 18.4 Å². The van der Waals surface area contributed by atoms with Gasteiger partial charge in [-0.3, -0.25) is 9.59 Å². The average molecular weight is 352 g/mol. The molecule has 6 nitrogen and oxygen atoms in total. The molecule has 2 amide bonds. The first kappa shape index (κ1) is 16.4. The molecule has 2 aromatic carbocycles. The van der Waals surface area contributed by atoms with E-state index in [1.54, 1.807) is 6.07 Å². The van der Waals surface area contributed by atoms with E-state index in [4.69, 9.17) is 9.47 Å². The predicted octanol–water partition coefficient (Wildman–Crippen LogP) is 2.49. The normalized spacial score (nSPS) is 18.1. The molecule has 0 saturated heterocycles. The minimum atomic E-state index is -0.678. The molecular weight excluding hydrogens is 332 g/mol. The Bertz CT molecular complexity index is 832. The summed E-state index contributed by atoms with van der Waals surface area (Å²) in [5.74, 6) is 1.22. The summed E-state index contributed by atoms with van der Waals surface area (Å²) >= 11 is 0. The maximum absolute atomic E-state index is 12.4. The van der Waals surface area contributed by atoms with Crippen molar-refractivity contribution in [3.8, 4) is 11.5 Å². The first-order chi connectivity index (χ1) is 12.7. The van der Waals surface area contributed by atoms with Gasteiger partial charge in [0.25, 0.3) is 5.91 Å². The Labute approximate surface area is 151 Å². The molecule has 1 atom stereocenters. The number of anilines is 1. The molecule has 0 unspecified atom stereocenters. The quantitative estimate of drug-likeness (QED) is 0.867. The van der Waals surface area contributed by atoms with Crippen LogP contribution in [-0.2, 0) is 16.1 Å². The Kier molecular flexibility index (Phi) is 4.48. The lowest BCUT2D eigenvalue weighted by molar-refractivity contribution is -0.130. The van der Waals surface area contributed by atoms with E-state index in [0.717, 1.165) is 24.1 Å². The van der Waals surface area contributed by atoms with Gasteiger partial charge in [-0.15, -0.1) is 0 Å². The standard InChI is InChI=1S/C20H20N2O4/c23-19(14-8-9-14)22-15-5-3-4-13(10-15)11-21-20(24)18-12-25-16-6-1-2-7-17(16)26-18/h1-7,10,14,18H,8-9,11-12H2,(H,21,24)(H,22,23)/t18-/m1/s1. The van der Waals surface area contributed by atoms with E-state index < -0.39 is 6.10 Å². The summed E-state index contributed by atoms with van der Waals surface area (Å²) in [6.07, 6.45) is 1.25. The molecule has 1 fully saturated rings. The van der Waals surface area contributed by atoms with Gasteiger partial charge in [0.2, 0.25) is 12.0 Å². The largest absolute Gasteiger partial charge is 0.485 e. The molecule has 0 radical (unpaired) electrons. The lowest BCUT2D eigenvalue weighted by Crippen LogP contribution is -2.43. The molecule has 0 spiro atoms. The van der Waals surface area contributed by atoms with Gasteiger partial charge in [0.05, 0.1) is 0 Å². The van der Waals surface area contributed by atoms with Gasteiger partial charge >= 0.3 is 0 Å². The van der Waals surface area contributed by atoms with Gasteiger partial charge in [0.1, 0.15) is 6.61 Å². The van der Waals surface area contributed by atoms with E-state index in [1.165, 1.54) is 0 Å². The van der Waals surface area contributed by atoms with Crippen LogP contribution in [0.2, 0.25) is 0 Å². The summed E-state index contributed by atoms with van der Waals surface area (Å²) < 4.78 is 11.3. The minimum Gasteiger partial charge on any atom is -0.485 e. The molecule has 0 aromatic heterocycles. The second-order valence-corrected chi connectivity index (χ2v) is 6.55. The van der Waals surface area contributed by atoms with E-state index in [-0.39, 0.29) is 24.3 Å². The first-order valence-electron chi connectivity index (χ1n) is 8.75. The summed E-state index contributed by atoms with van der Waals surface area (Å²) in [6, 6.07) is 14.8. The smallest absolute Gasteiger partial charge is 0.264 e. The van der Waals surface area contributed by atoms with Crippen molar-refractivity contribution in [3.63, 3.8) is 0 Å². The van der Waals surface area contributed by atoms with Gasteiger partial charge in [-0.25, -0.2) is 0 Å². The Morgan fingerprint density at radius 3 is 2.62 bits per heavy atom. The van der Waals surface area contributed by atoms with E-state index >= 15 is 0 Å². The third-order valence-corrected chi connectivity index (χ3v) is 4.41. The molecule has 2 N–H and O–H groups in total. The van der Waals surface area contributed by atoms with Crippen molar-refractivity contribution in [3.05, 3.63) is 54.1 Å². The highest BCUT2D eigenvalue weighted by Gasteiger charge is 2.29. The van der Waals surface area contributed by atoms with Crippen LogP contribution in [0.5, 0.6) is 11.5 Å². The molecule has 1 heterocycles. The Balaban J connectivity index is 1.32. The Morgan fingerprint density at radius 1 is 1.00 bits per heavy atom. The fraction of sp³-hybridized carbons (Fsp3) is 0.300. The fourth-order valence-electron chi connectivity index (χ4n) is 2.80. The van der Waals surface area contributed by atoms with Gasteiger partial charge < -0.3 is 20.1 Å². The number of carbonyl (C=O) groups is 2. The van der Waals surface area contributed by atoms with E-state index in [1.807, 2.05) is 42.5 Å². The second kappa shape index (κ2) is 7.07. The summed E-state index contributed by atoms with van der Waals surface area (Å²) in [4.78, 5) is 24.2. The molecular formula is C20H20N2O4. The zero-order valence-electron chi connectivity index (χ0n) is 14.2. The predicted molar refractivity (Wildman–Crippen MR) is 96.0 cm³/mol. The van der Waals surface area contributed by atoms with Gasteiger partial charge in [-0.2, -0.15) is 0 Å². The number of nitrogens with one attached hydrogen (secondary N) is 2. The molecule has 2 aromatic rings. The van der Waals surface area contributed by atoms with Gasteiger partial charge in [0.15, 0.2) is 11.5 Å². The number of ether oxygens (including phenoxy) is 2. The van der Waals surface area contributed by atoms with Crippen LogP contribution in [0.25, 0.3) is 0 Å². The first-order valence-corrected chi connectivity index (χ1v) is 8.75. The number of fused-ring (bicyclic) bond motifs is 1. The maximum Gasteiger partial charge on any atom is 0.264 e. The third-order valence-electron chi connectivity index (χ3n) is 4.41. The Hall–Kier alpha value is -3.02. The highest BCUT2D eigenvalue weighted by Crippen LogP contribution is 2.31. The molecule has 1 aliphatic carbocycles. The highest BCUT2D eigenvalue weighted by molar-refractivity contribution is 5.94. The fourth-order valence-corrected chi connectivity index (χ4v) is 2.80. The van der Waals surface area contributed by atoms with Crippen LogP contribution in [0.3, 0.4) is 0 Å². The van der Waals surface area contributed by atoms with E-state index in [2.05, 4.69) is 10.6 Å². The van der Waals surface area contributed by atoms with Crippen LogP contribution < -0.4 is 20.1 Å². The number of hydrogen-bond acceptors (Lipinski definition) is 4. The van der Waals surface area contributed by atoms with Crippen molar-refractivity contribution in [2.24, 2.45) is 5.92 Å². The minimum absolute atomic E-state index is 0.0672. The van der Waals surface area contributed by atoms with Crippen molar-refractivity contribution < 1.29 is 19.1 Å². The molecule has 26 heavy (non-hydrogen) atoms. The van der Waals surface area contributed by atoms with Crippen molar-refractivity contribution in [1.82, 2.24) is 5.32 Å². The molecule has 1 saturated carbocycles. The van der Waals surface area contributed by atoms with Gasteiger partial charge in [-0.05, 0) is 42.7 Å². The van der Waals surface area contributed by atoms with Crippen LogP contribution >= 0.6 is 0 Å². The van der Waals surface area contributed by atoms with Crippen LogP contribution in [0, 0.1) is 5.92 Å². The van der Waals surface area contributed by atoms with Gasteiger partial charge in [0, 0.05) is 18.2 Å². The summed E-state index contributed by atoms with van der Waals surface area (Å²) in [5, 5.41) is 5.77. The molecule has 6 heteroatoms. The highest BCUT2D eigenvalue weighted by atomic mass is 16.6. The Morgan fingerprint density at radius 2 is 1.81 bits per heavy atom. The van der Waals surface area contributed by atoms with Crippen LogP contribution in [-0.4, -0.2) is 24.5 Å². The number of benzene rings is 2. The lowest BCUT2D eigenvalue weighted by atomic mass is 10.2. The number of amides is 2. The molecule has 4 rings (SSSR count). The van der Waals surface area contributed by atoms with Crippen molar-refractivity contribution in [2.45, 2.75) is 25.5 Å². The zero-order valence-corrected chi connectivity index (χ0v) is 14.2. The molecule has 2 aliphatic rings. The van der Waals surface area contributed by atoms with Crippen LogP contribution in [0.4, 0.5) is 5.69 Å². The second-order valence-electron chi connectivity index (χ2n) is 6.55. The summed E-state index contributed by atoms with van der Waals surface area (Å²) in [6.45, 7) is 0.536. The summed E-state index contributed by atoms with van der Waals surface area (Å²) in [7, 11) is 0. The lowest BCUT2D eigenvalue weighted by Gasteiger charge is -2.25. The number of hydrogen-bond donors (Lipinski definition) is 2. The summed E-state index contributed by atoms with van der Waals surface area (Å²) in [5.41, 5.74) is 1.66. The molecule has 0 bridgehead atoms. The van der Waals surface area contributed by atoms with Crippen molar-refractivity contribution in [2.75, 3.05) is 11.9 Å². The molecule has 134 valence electrons. The number of rotatable bonds is 5. The van der Waals surface area contributed by atoms with Crippen molar-refractivity contribution in [1.29, 1.82) is 0 Å². The SMILES string of the molecule is O=C(Nc1cccc(CNC(=O)[C@H]2COc3ccccc3O2)c1)C1CC1. The number of para-hydroxylation sites is 2. The molecule has 1 aliphatic heterocycles. The van der Waals surface area contributed by atoms with E-state index in [9.17, 15) is 9.59 Å². The van der Waals surface area contributed by atoms with Crippen molar-refractivity contribution >= 4 is 17.5 Å². The van der Waals surface area contributed by atoms with E-state index in [0.29, 0.717) is 18.0 Å². The number of carbonyl (C=O) groups excluding carboxylic acids is 2. The topological polar surface area (TPSA) is 76.7 Å². The monoisotopic (exact) mass is 352 g/mol. The van der Waals surface area contributed by atoms with Crippen LogP contribution in [0.15, 0.2) is 48.5 Å². The van der Waals surface area contributed by atoms with Gasteiger partial charge in [-0.1, -0.05) is 24.3 Å². The third kappa shape index (κ3) is 3.79. The average Bonchev–Trinajstić information content (AvgIpc) is 3.51.